The summed E-state index contributed by atoms with van der Waals surface area (Å²) in [4.78, 5) is 45.6. The van der Waals surface area contributed by atoms with Crippen LogP contribution >= 0.6 is 11.3 Å². The molecule has 0 radical (unpaired) electrons. The molecule has 0 unspecified atom stereocenters. The van der Waals surface area contributed by atoms with Crippen LogP contribution in [0.25, 0.3) is 21.4 Å². The number of hydrogen-bond acceptors (Lipinski definition) is 5. The Kier molecular flexibility index (Phi) is 4.71. The van der Waals surface area contributed by atoms with Gasteiger partial charge in [0.25, 0.3) is 11.5 Å². The Hall–Kier alpha value is -3.78. The summed E-state index contributed by atoms with van der Waals surface area (Å²) in [5.41, 5.74) is -0.519. The first-order valence-electron chi connectivity index (χ1n) is 8.73. The molecule has 3 heterocycles. The van der Waals surface area contributed by atoms with Gasteiger partial charge in [-0.25, -0.2) is 14.2 Å². The van der Waals surface area contributed by atoms with E-state index >= 15 is 0 Å². The molecular weight excluding hydrogens is 411 g/mol. The van der Waals surface area contributed by atoms with Gasteiger partial charge in [-0.3, -0.25) is 18.7 Å². The van der Waals surface area contributed by atoms with Crippen molar-refractivity contribution in [2.24, 2.45) is 19.1 Å². The second-order valence-electron chi connectivity index (χ2n) is 6.52. The number of terminal acetylenes is 1. The van der Waals surface area contributed by atoms with Crippen LogP contribution in [0.1, 0.15) is 0 Å². The number of carbonyl (C=O) groups excluding carboxylic acids is 1. The molecule has 1 amide bonds. The van der Waals surface area contributed by atoms with Gasteiger partial charge in [0.1, 0.15) is 12.4 Å². The number of aryl methyl sites for hydroxylation is 1. The van der Waals surface area contributed by atoms with Gasteiger partial charge in [-0.2, -0.15) is 4.99 Å². The lowest BCUT2D eigenvalue weighted by Gasteiger charge is -2.05. The van der Waals surface area contributed by atoms with E-state index in [9.17, 15) is 18.8 Å². The molecule has 4 aromatic rings. The van der Waals surface area contributed by atoms with Crippen LogP contribution in [0.2, 0.25) is 0 Å². The maximum Gasteiger partial charge on any atom is 0.332 e. The zero-order valence-electron chi connectivity index (χ0n) is 16.0. The van der Waals surface area contributed by atoms with E-state index in [2.05, 4.69) is 15.9 Å². The molecule has 0 saturated heterocycles. The van der Waals surface area contributed by atoms with Gasteiger partial charge in [0.05, 0.1) is 23.1 Å². The molecule has 152 valence electrons. The van der Waals surface area contributed by atoms with Gasteiger partial charge in [0, 0.05) is 14.1 Å². The van der Waals surface area contributed by atoms with Crippen LogP contribution < -0.4 is 16.1 Å². The number of fused-ring (bicyclic) bond motifs is 2. The van der Waals surface area contributed by atoms with Crippen LogP contribution in [-0.2, 0) is 32.0 Å². The first-order valence-corrected chi connectivity index (χ1v) is 9.55. The van der Waals surface area contributed by atoms with Crippen molar-refractivity contribution in [3.63, 3.8) is 0 Å². The summed E-state index contributed by atoms with van der Waals surface area (Å²) in [6.45, 7) is -0.236. The number of amides is 1. The quantitative estimate of drug-likeness (QED) is 0.442. The number of nitrogens with zero attached hydrogens (tertiary/aromatic N) is 6. The lowest BCUT2D eigenvalue weighted by Crippen LogP contribution is -2.37. The number of imidazole rings is 1. The zero-order valence-corrected chi connectivity index (χ0v) is 16.8. The molecule has 0 bridgehead atoms. The third-order valence-corrected chi connectivity index (χ3v) is 5.69. The standard InChI is InChI=1S/C19H15FN6O3S/c1-4-8-26-14-11(20)6-5-7-12(14)30-18(26)22-13(27)9-25-10-21-16-15(25)17(28)24(3)19(29)23(16)2/h1,5-7,10H,8-9H2,2-3H3. The molecule has 0 saturated carbocycles. The lowest BCUT2D eigenvalue weighted by atomic mass is 10.3. The van der Waals surface area contributed by atoms with Gasteiger partial charge in [-0.15, -0.1) is 6.42 Å². The number of halogens is 1. The highest BCUT2D eigenvalue weighted by Gasteiger charge is 2.16. The van der Waals surface area contributed by atoms with Crippen LogP contribution in [0.15, 0.2) is 39.1 Å². The van der Waals surface area contributed by atoms with E-state index < -0.39 is 23.0 Å². The summed E-state index contributed by atoms with van der Waals surface area (Å²) in [5.74, 6) is 1.40. The maximum atomic E-state index is 14.3. The molecule has 0 aliphatic rings. The van der Waals surface area contributed by atoms with Crippen molar-refractivity contribution in [3.8, 4) is 12.3 Å². The van der Waals surface area contributed by atoms with E-state index in [1.807, 2.05) is 0 Å². The van der Waals surface area contributed by atoms with Crippen molar-refractivity contribution in [1.82, 2.24) is 23.3 Å². The predicted molar refractivity (Wildman–Crippen MR) is 109 cm³/mol. The number of rotatable bonds is 3. The largest absolute Gasteiger partial charge is 0.332 e. The van der Waals surface area contributed by atoms with Gasteiger partial charge >= 0.3 is 5.69 Å². The Bertz CT molecular complexity index is 1560. The minimum atomic E-state index is -0.581. The van der Waals surface area contributed by atoms with E-state index in [4.69, 9.17) is 6.42 Å². The normalized spacial score (nSPS) is 12.0. The van der Waals surface area contributed by atoms with Gasteiger partial charge in [-0.05, 0) is 12.1 Å². The molecule has 0 N–H and O–H groups in total. The second kappa shape index (κ2) is 7.23. The first-order chi connectivity index (χ1) is 14.3. The van der Waals surface area contributed by atoms with Crippen LogP contribution in [0, 0.1) is 18.2 Å². The fourth-order valence-corrected chi connectivity index (χ4v) is 4.28. The summed E-state index contributed by atoms with van der Waals surface area (Å²) in [6, 6.07) is 4.59. The number of hydrogen-bond donors (Lipinski definition) is 0. The number of carbonyl (C=O) groups is 1. The van der Waals surface area contributed by atoms with Crippen LogP contribution in [0.4, 0.5) is 4.39 Å². The van der Waals surface area contributed by atoms with Gasteiger partial charge in [0.2, 0.25) is 0 Å². The molecule has 0 aliphatic carbocycles. The van der Waals surface area contributed by atoms with E-state index in [0.29, 0.717) is 4.70 Å². The number of aromatic nitrogens is 5. The van der Waals surface area contributed by atoms with E-state index in [1.54, 1.807) is 12.1 Å². The average molecular weight is 426 g/mol. The van der Waals surface area contributed by atoms with Crippen LogP contribution in [0.3, 0.4) is 0 Å². The molecule has 30 heavy (non-hydrogen) atoms. The highest BCUT2D eigenvalue weighted by molar-refractivity contribution is 7.16. The predicted octanol–water partition coefficient (Wildman–Crippen LogP) is 0.350. The van der Waals surface area contributed by atoms with Crippen LogP contribution in [0.5, 0.6) is 0 Å². The van der Waals surface area contributed by atoms with Gasteiger partial charge < -0.3 is 9.13 Å². The fraction of sp³-hybridized carbons (Fsp3) is 0.211. The number of benzene rings is 1. The minimum absolute atomic E-state index is 0.0453. The molecule has 3 aromatic heterocycles. The van der Waals surface area contributed by atoms with E-state index in [0.717, 1.165) is 15.9 Å². The Balaban J connectivity index is 1.82. The molecule has 1 aromatic carbocycles. The molecule has 4 rings (SSSR count). The SMILES string of the molecule is C#CCn1c(=NC(=O)Cn2cnc3c2c(=O)n(C)c(=O)n3C)sc2cccc(F)c21. The van der Waals surface area contributed by atoms with Crippen molar-refractivity contribution >= 4 is 38.6 Å². The third kappa shape index (κ3) is 2.98. The summed E-state index contributed by atoms with van der Waals surface area (Å²) >= 11 is 1.14. The molecule has 0 spiro atoms. The molecular formula is C19H15FN6O3S. The lowest BCUT2D eigenvalue weighted by molar-refractivity contribution is -0.118. The highest BCUT2D eigenvalue weighted by atomic mass is 32.1. The molecule has 9 nitrogen and oxygen atoms in total. The highest BCUT2D eigenvalue weighted by Crippen LogP contribution is 2.20. The van der Waals surface area contributed by atoms with Crippen LogP contribution in [-0.4, -0.2) is 29.2 Å². The zero-order chi connectivity index (χ0) is 21.6. The van der Waals surface area contributed by atoms with Crippen molar-refractivity contribution in [2.45, 2.75) is 13.1 Å². The van der Waals surface area contributed by atoms with Crippen molar-refractivity contribution in [2.75, 3.05) is 0 Å². The summed E-state index contributed by atoms with van der Waals surface area (Å²) in [5, 5.41) is 0. The number of thiazole rings is 1. The topological polar surface area (TPSA) is 96.2 Å². The Morgan fingerprint density at radius 2 is 2.03 bits per heavy atom. The minimum Gasteiger partial charge on any atom is -0.315 e. The Labute approximate surface area is 172 Å². The Morgan fingerprint density at radius 3 is 2.77 bits per heavy atom. The Morgan fingerprint density at radius 1 is 1.27 bits per heavy atom. The third-order valence-electron chi connectivity index (χ3n) is 4.64. The van der Waals surface area contributed by atoms with Crippen molar-refractivity contribution in [3.05, 3.63) is 56.0 Å². The molecule has 0 fully saturated rings. The van der Waals surface area contributed by atoms with E-state index in [1.165, 1.54) is 40.2 Å². The van der Waals surface area contributed by atoms with Crippen molar-refractivity contribution in [1.29, 1.82) is 0 Å². The maximum absolute atomic E-state index is 14.3. The van der Waals surface area contributed by atoms with Crippen molar-refractivity contribution < 1.29 is 9.18 Å². The smallest absolute Gasteiger partial charge is 0.315 e. The number of para-hydroxylation sites is 1. The summed E-state index contributed by atoms with van der Waals surface area (Å²) < 4.78 is 19.8. The fourth-order valence-electron chi connectivity index (χ4n) is 3.21. The molecule has 11 heteroatoms. The monoisotopic (exact) mass is 426 g/mol. The summed E-state index contributed by atoms with van der Waals surface area (Å²) in [7, 11) is 2.84. The van der Waals surface area contributed by atoms with Gasteiger partial charge in [0.15, 0.2) is 16.0 Å². The van der Waals surface area contributed by atoms with Gasteiger partial charge in [-0.1, -0.05) is 23.3 Å². The molecule has 0 aliphatic heterocycles. The summed E-state index contributed by atoms with van der Waals surface area (Å²) in [6.07, 6.45) is 6.70. The molecule has 0 atom stereocenters. The average Bonchev–Trinajstić information content (AvgIpc) is 3.27. The second-order valence-corrected chi connectivity index (χ2v) is 7.53. The first kappa shape index (κ1) is 19.5. The van der Waals surface area contributed by atoms with E-state index in [-0.39, 0.29) is 34.6 Å².